The number of hydrogen-bond acceptors (Lipinski definition) is 6. The quantitative estimate of drug-likeness (QED) is 0.616. The third-order valence-electron chi connectivity index (χ3n) is 4.88. The summed E-state index contributed by atoms with van der Waals surface area (Å²) < 4.78 is 3.75. The zero-order valence-electron chi connectivity index (χ0n) is 15.2. The van der Waals surface area contributed by atoms with Crippen molar-refractivity contribution in [3.63, 3.8) is 0 Å². The first kappa shape index (κ1) is 17.5. The zero-order chi connectivity index (χ0) is 18.8. The lowest BCUT2D eigenvalue weighted by atomic mass is 10.2. The van der Waals surface area contributed by atoms with E-state index in [-0.39, 0.29) is 12.0 Å². The number of hydrogen-bond donors (Lipinski definition) is 2. The van der Waals surface area contributed by atoms with Gasteiger partial charge in [0.05, 0.1) is 17.1 Å². The monoisotopic (exact) mass is 369 g/mol. The van der Waals surface area contributed by atoms with Crippen LogP contribution in [0.4, 0.5) is 5.95 Å². The van der Waals surface area contributed by atoms with E-state index in [4.69, 9.17) is 0 Å². The summed E-state index contributed by atoms with van der Waals surface area (Å²) in [6.07, 6.45) is 4.39. The van der Waals surface area contributed by atoms with Gasteiger partial charge in [0.25, 0.3) is 5.91 Å². The number of imidazole rings is 1. The maximum absolute atomic E-state index is 12.4. The standard InChI is InChI=1S/C18H23N7O2/c1-23-16-4-3-13(17(27)20-6-2-7-25-12-19-11-21-25)9-15(16)22-18(23)24-8-5-14(26)10-24/h3-4,9,11-12,14,26H,2,5-8,10H2,1H3,(H,20,27)/t14-/m0/s1. The fourth-order valence-corrected chi connectivity index (χ4v) is 3.43. The Labute approximate surface area is 156 Å². The lowest BCUT2D eigenvalue weighted by Crippen LogP contribution is -2.25. The summed E-state index contributed by atoms with van der Waals surface area (Å²) in [6.45, 7) is 2.66. The highest BCUT2D eigenvalue weighted by Crippen LogP contribution is 2.25. The molecule has 142 valence electrons. The molecule has 9 nitrogen and oxygen atoms in total. The van der Waals surface area contributed by atoms with Gasteiger partial charge in [0, 0.05) is 38.8 Å². The molecular weight excluding hydrogens is 346 g/mol. The van der Waals surface area contributed by atoms with Gasteiger partial charge in [-0.1, -0.05) is 0 Å². The van der Waals surface area contributed by atoms with Crippen molar-refractivity contribution in [2.75, 3.05) is 24.5 Å². The van der Waals surface area contributed by atoms with Gasteiger partial charge in [0.15, 0.2) is 0 Å². The minimum absolute atomic E-state index is 0.112. The Balaban J connectivity index is 1.42. The first-order valence-corrected chi connectivity index (χ1v) is 9.12. The molecule has 0 aliphatic carbocycles. The van der Waals surface area contributed by atoms with Crippen LogP contribution in [0.1, 0.15) is 23.2 Å². The molecule has 2 N–H and O–H groups in total. The van der Waals surface area contributed by atoms with E-state index < -0.39 is 0 Å². The van der Waals surface area contributed by atoms with E-state index >= 15 is 0 Å². The number of aliphatic hydroxyl groups is 1. The number of benzene rings is 1. The number of aliphatic hydroxyl groups excluding tert-OH is 1. The predicted molar refractivity (Wildman–Crippen MR) is 101 cm³/mol. The molecular formula is C18H23N7O2. The van der Waals surface area contributed by atoms with Gasteiger partial charge in [0.2, 0.25) is 5.95 Å². The van der Waals surface area contributed by atoms with Gasteiger partial charge < -0.3 is 19.9 Å². The molecule has 1 fully saturated rings. The highest BCUT2D eigenvalue weighted by atomic mass is 16.3. The Kier molecular flexibility index (Phi) is 4.76. The molecule has 1 aliphatic heterocycles. The average molecular weight is 369 g/mol. The topological polar surface area (TPSA) is 101 Å². The maximum atomic E-state index is 12.4. The van der Waals surface area contributed by atoms with E-state index in [9.17, 15) is 9.90 Å². The van der Waals surface area contributed by atoms with Crippen molar-refractivity contribution < 1.29 is 9.90 Å². The second-order valence-corrected chi connectivity index (χ2v) is 6.83. The number of carbonyl (C=O) groups excluding carboxylic acids is 1. The second-order valence-electron chi connectivity index (χ2n) is 6.83. The molecule has 0 spiro atoms. The van der Waals surface area contributed by atoms with Gasteiger partial charge in [-0.2, -0.15) is 5.10 Å². The molecule has 3 aromatic rings. The molecule has 0 unspecified atom stereocenters. The van der Waals surface area contributed by atoms with E-state index in [1.807, 2.05) is 29.8 Å². The Morgan fingerprint density at radius 3 is 3.04 bits per heavy atom. The van der Waals surface area contributed by atoms with Gasteiger partial charge in [-0.05, 0) is 31.0 Å². The third-order valence-corrected chi connectivity index (χ3v) is 4.88. The Hall–Kier alpha value is -2.94. The first-order valence-electron chi connectivity index (χ1n) is 9.12. The summed E-state index contributed by atoms with van der Waals surface area (Å²) in [4.78, 5) is 23.1. The molecule has 0 bridgehead atoms. The van der Waals surface area contributed by atoms with E-state index in [1.54, 1.807) is 11.0 Å². The maximum Gasteiger partial charge on any atom is 0.251 e. The molecule has 1 atom stereocenters. The van der Waals surface area contributed by atoms with Crippen LogP contribution in [-0.2, 0) is 13.6 Å². The van der Waals surface area contributed by atoms with Crippen LogP contribution < -0.4 is 10.2 Å². The minimum atomic E-state index is -0.302. The number of anilines is 1. The number of amides is 1. The molecule has 4 rings (SSSR count). The summed E-state index contributed by atoms with van der Waals surface area (Å²) in [6, 6.07) is 5.56. The summed E-state index contributed by atoms with van der Waals surface area (Å²) in [5, 5.41) is 16.7. The lowest BCUT2D eigenvalue weighted by Gasteiger charge is -2.16. The number of rotatable bonds is 6. The van der Waals surface area contributed by atoms with Crippen LogP contribution in [-0.4, -0.2) is 61.1 Å². The minimum Gasteiger partial charge on any atom is -0.391 e. The predicted octanol–water partition coefficient (Wildman–Crippen LogP) is 0.556. The fraction of sp³-hybridized carbons (Fsp3) is 0.444. The van der Waals surface area contributed by atoms with Crippen molar-refractivity contribution in [2.24, 2.45) is 7.05 Å². The molecule has 27 heavy (non-hydrogen) atoms. The van der Waals surface area contributed by atoms with Crippen LogP contribution in [0.2, 0.25) is 0 Å². The molecule has 0 saturated carbocycles. The van der Waals surface area contributed by atoms with Crippen molar-refractivity contribution in [1.82, 2.24) is 29.6 Å². The number of fused-ring (bicyclic) bond motifs is 1. The Bertz CT molecular complexity index is 935. The van der Waals surface area contributed by atoms with Crippen LogP contribution in [0.5, 0.6) is 0 Å². The second kappa shape index (κ2) is 7.36. The third kappa shape index (κ3) is 3.63. The molecule has 9 heteroatoms. The fourth-order valence-electron chi connectivity index (χ4n) is 3.43. The van der Waals surface area contributed by atoms with Gasteiger partial charge in [0.1, 0.15) is 12.7 Å². The molecule has 3 heterocycles. The number of nitrogens with zero attached hydrogens (tertiary/aromatic N) is 6. The van der Waals surface area contributed by atoms with Crippen LogP contribution in [0.15, 0.2) is 30.9 Å². The van der Waals surface area contributed by atoms with Crippen LogP contribution in [0.25, 0.3) is 11.0 Å². The Morgan fingerprint density at radius 1 is 1.41 bits per heavy atom. The zero-order valence-corrected chi connectivity index (χ0v) is 15.2. The molecule has 0 radical (unpaired) electrons. The first-order chi connectivity index (χ1) is 13.1. The van der Waals surface area contributed by atoms with Crippen LogP contribution >= 0.6 is 0 Å². The number of nitrogens with one attached hydrogen (secondary N) is 1. The highest BCUT2D eigenvalue weighted by Gasteiger charge is 2.24. The SMILES string of the molecule is Cn1c(N2CC[C@H](O)C2)nc2cc(C(=O)NCCCn3cncn3)ccc21. The van der Waals surface area contributed by atoms with Crippen molar-refractivity contribution >= 4 is 22.9 Å². The molecule has 2 aromatic heterocycles. The summed E-state index contributed by atoms with van der Waals surface area (Å²) in [5.41, 5.74) is 2.34. The smallest absolute Gasteiger partial charge is 0.251 e. The van der Waals surface area contributed by atoms with Crippen LogP contribution in [0, 0.1) is 0 Å². The summed E-state index contributed by atoms with van der Waals surface area (Å²) >= 11 is 0. The molecule has 1 amide bonds. The number of aromatic nitrogens is 5. The van der Waals surface area contributed by atoms with Crippen LogP contribution in [0.3, 0.4) is 0 Å². The average Bonchev–Trinajstić information content (AvgIpc) is 3.39. The molecule has 1 aromatic carbocycles. The normalized spacial score (nSPS) is 17.0. The number of β-amino-alcohol motifs (C(OH)–C–C–N with tert-alkyl or cyclic N) is 1. The van der Waals surface area contributed by atoms with Crippen molar-refractivity contribution in [2.45, 2.75) is 25.5 Å². The van der Waals surface area contributed by atoms with Crippen molar-refractivity contribution in [1.29, 1.82) is 0 Å². The Morgan fingerprint density at radius 2 is 2.30 bits per heavy atom. The van der Waals surface area contributed by atoms with E-state index in [2.05, 4.69) is 25.3 Å². The molecule has 1 aliphatic rings. The van der Waals surface area contributed by atoms with E-state index in [0.717, 1.165) is 36.4 Å². The van der Waals surface area contributed by atoms with E-state index in [0.29, 0.717) is 25.2 Å². The van der Waals surface area contributed by atoms with Gasteiger partial charge in [-0.15, -0.1) is 0 Å². The lowest BCUT2D eigenvalue weighted by molar-refractivity contribution is 0.0952. The van der Waals surface area contributed by atoms with Gasteiger partial charge in [-0.25, -0.2) is 9.97 Å². The van der Waals surface area contributed by atoms with Crippen molar-refractivity contribution in [3.8, 4) is 0 Å². The number of aryl methyl sites for hydroxylation is 2. The highest BCUT2D eigenvalue weighted by molar-refractivity contribution is 5.97. The van der Waals surface area contributed by atoms with E-state index in [1.165, 1.54) is 6.33 Å². The summed E-state index contributed by atoms with van der Waals surface area (Å²) in [7, 11) is 1.96. The van der Waals surface area contributed by atoms with Crippen molar-refractivity contribution in [3.05, 3.63) is 36.4 Å². The largest absolute Gasteiger partial charge is 0.391 e. The molecule has 1 saturated heterocycles. The van der Waals surface area contributed by atoms with Gasteiger partial charge in [-0.3, -0.25) is 9.48 Å². The van der Waals surface area contributed by atoms with Gasteiger partial charge >= 0.3 is 0 Å². The summed E-state index contributed by atoms with van der Waals surface area (Å²) in [5.74, 6) is 0.714. The number of carbonyl (C=O) groups is 1.